The molecule has 0 aliphatic carbocycles. The van der Waals surface area contributed by atoms with Gasteiger partial charge in [-0.05, 0) is 18.6 Å². The van der Waals surface area contributed by atoms with Crippen LogP contribution in [0.4, 0.5) is 14.9 Å². The fraction of sp³-hybridized carbons (Fsp3) is 0.357. The van der Waals surface area contributed by atoms with E-state index in [0.717, 1.165) is 6.07 Å². The summed E-state index contributed by atoms with van der Waals surface area (Å²) in [4.78, 5) is 13.4. The van der Waals surface area contributed by atoms with Gasteiger partial charge in [-0.15, -0.1) is 6.42 Å². The smallest absolute Gasteiger partial charge is 0.322 e. The van der Waals surface area contributed by atoms with E-state index < -0.39 is 18.0 Å². The summed E-state index contributed by atoms with van der Waals surface area (Å²) in [7, 11) is 0. The summed E-state index contributed by atoms with van der Waals surface area (Å²) in [6.07, 6.45) is 5.13. The zero-order chi connectivity index (χ0) is 14.5. The number of carbonyl (C=O) groups excluding carboxylic acids is 1. The minimum absolute atomic E-state index is 0.0247. The summed E-state index contributed by atoms with van der Waals surface area (Å²) in [6, 6.07) is 3.39. The summed E-state index contributed by atoms with van der Waals surface area (Å²) in [5, 5.41) is 12.0. The van der Waals surface area contributed by atoms with E-state index in [0.29, 0.717) is 18.7 Å². The van der Waals surface area contributed by atoms with E-state index in [4.69, 9.17) is 11.2 Å². The van der Waals surface area contributed by atoms with Crippen LogP contribution in [0.1, 0.15) is 6.42 Å². The average Bonchev–Trinajstić information content (AvgIpc) is 2.85. The summed E-state index contributed by atoms with van der Waals surface area (Å²) in [5.74, 6) is 2.11. The van der Waals surface area contributed by atoms with Crippen LogP contribution in [-0.2, 0) is 0 Å². The molecule has 20 heavy (non-hydrogen) atoms. The maximum atomic E-state index is 13.3. The number of halogens is 1. The van der Waals surface area contributed by atoms with Crippen molar-refractivity contribution in [3.63, 3.8) is 0 Å². The number of urea groups is 1. The Morgan fingerprint density at radius 2 is 2.45 bits per heavy atom. The summed E-state index contributed by atoms with van der Waals surface area (Å²) < 4.78 is 18.5. The molecule has 1 atom stereocenters. The van der Waals surface area contributed by atoms with Crippen molar-refractivity contribution < 1.29 is 19.0 Å². The number of benzene rings is 1. The molecule has 0 aromatic heterocycles. The van der Waals surface area contributed by atoms with E-state index in [1.54, 1.807) is 0 Å². The van der Waals surface area contributed by atoms with Crippen molar-refractivity contribution in [3.8, 4) is 18.1 Å². The molecule has 0 unspecified atom stereocenters. The van der Waals surface area contributed by atoms with Crippen molar-refractivity contribution in [2.24, 2.45) is 0 Å². The Morgan fingerprint density at radius 3 is 3.10 bits per heavy atom. The van der Waals surface area contributed by atoms with E-state index in [2.05, 4.69) is 11.2 Å². The van der Waals surface area contributed by atoms with Crippen LogP contribution in [0.25, 0.3) is 0 Å². The van der Waals surface area contributed by atoms with Crippen LogP contribution >= 0.6 is 0 Å². The highest BCUT2D eigenvalue weighted by Crippen LogP contribution is 2.26. The number of nitrogens with one attached hydrogen (secondary N) is 1. The molecule has 1 fully saturated rings. The number of amides is 2. The Morgan fingerprint density at radius 1 is 1.65 bits per heavy atom. The average molecular weight is 278 g/mol. The second-order valence-corrected chi connectivity index (χ2v) is 4.45. The number of ether oxygens (including phenoxy) is 1. The molecule has 2 rings (SSSR count). The number of aliphatic hydroxyl groups excluding tert-OH is 1. The number of rotatable bonds is 3. The molecule has 0 radical (unpaired) electrons. The molecule has 0 spiro atoms. The molecular formula is C14H15FN2O3. The van der Waals surface area contributed by atoms with E-state index in [9.17, 15) is 14.3 Å². The summed E-state index contributed by atoms with van der Waals surface area (Å²) in [5.41, 5.74) is 0.214. The lowest BCUT2D eigenvalue weighted by atomic mass is 10.3. The van der Waals surface area contributed by atoms with Crippen LogP contribution in [0, 0.1) is 18.2 Å². The first-order valence-corrected chi connectivity index (χ1v) is 6.20. The lowest BCUT2D eigenvalue weighted by Gasteiger charge is -2.18. The molecule has 1 aliphatic heterocycles. The number of terminal acetylenes is 1. The maximum Gasteiger partial charge on any atom is 0.322 e. The van der Waals surface area contributed by atoms with E-state index in [1.165, 1.54) is 17.0 Å². The minimum Gasteiger partial charge on any atom is -0.479 e. The largest absolute Gasteiger partial charge is 0.479 e. The zero-order valence-corrected chi connectivity index (χ0v) is 10.8. The normalized spacial score (nSPS) is 17.6. The van der Waals surface area contributed by atoms with Crippen LogP contribution in [0.2, 0.25) is 0 Å². The number of aliphatic hydroxyl groups is 1. The van der Waals surface area contributed by atoms with Crippen molar-refractivity contribution >= 4 is 11.7 Å². The van der Waals surface area contributed by atoms with Gasteiger partial charge in [-0.1, -0.05) is 5.92 Å². The maximum absolute atomic E-state index is 13.3. The van der Waals surface area contributed by atoms with Gasteiger partial charge in [0.2, 0.25) is 0 Å². The molecular weight excluding hydrogens is 263 g/mol. The highest BCUT2D eigenvalue weighted by molar-refractivity contribution is 5.91. The Bertz CT molecular complexity index is 542. The van der Waals surface area contributed by atoms with Crippen LogP contribution in [0.3, 0.4) is 0 Å². The van der Waals surface area contributed by atoms with Crippen molar-refractivity contribution in [3.05, 3.63) is 24.0 Å². The zero-order valence-electron chi connectivity index (χ0n) is 10.8. The standard InChI is InChI=1S/C14H15FN2O3/c1-2-7-20-13-4-3-10(15)8-12(13)16-14(19)17-6-5-11(18)9-17/h1,3-4,8,11,18H,5-7,9H2,(H,16,19)/t11-/m1/s1. The predicted octanol–water partition coefficient (Wildman–Crippen LogP) is 1.44. The first-order valence-electron chi connectivity index (χ1n) is 6.20. The van der Waals surface area contributed by atoms with Gasteiger partial charge in [0, 0.05) is 19.2 Å². The lowest BCUT2D eigenvalue weighted by Crippen LogP contribution is -2.33. The first kappa shape index (κ1) is 14.2. The number of nitrogens with zero attached hydrogens (tertiary/aromatic N) is 1. The highest BCUT2D eigenvalue weighted by Gasteiger charge is 2.25. The van der Waals surface area contributed by atoms with Gasteiger partial charge in [-0.3, -0.25) is 0 Å². The Balaban J connectivity index is 2.09. The van der Waals surface area contributed by atoms with Crippen LogP contribution < -0.4 is 10.1 Å². The third-order valence-electron chi connectivity index (χ3n) is 2.94. The van der Waals surface area contributed by atoms with E-state index >= 15 is 0 Å². The van der Waals surface area contributed by atoms with Crippen molar-refractivity contribution in [1.29, 1.82) is 0 Å². The molecule has 1 saturated heterocycles. The molecule has 0 saturated carbocycles. The molecule has 2 amide bonds. The fourth-order valence-corrected chi connectivity index (χ4v) is 1.97. The van der Waals surface area contributed by atoms with Gasteiger partial charge in [0.05, 0.1) is 11.8 Å². The second-order valence-electron chi connectivity index (χ2n) is 4.45. The fourth-order valence-electron chi connectivity index (χ4n) is 1.97. The van der Waals surface area contributed by atoms with Gasteiger partial charge in [-0.25, -0.2) is 9.18 Å². The number of hydrogen-bond acceptors (Lipinski definition) is 3. The van der Waals surface area contributed by atoms with Gasteiger partial charge in [0.25, 0.3) is 0 Å². The summed E-state index contributed by atoms with van der Waals surface area (Å²) in [6.45, 7) is 0.751. The Labute approximate surface area is 116 Å². The van der Waals surface area contributed by atoms with Crippen molar-refractivity contribution in [2.45, 2.75) is 12.5 Å². The molecule has 0 bridgehead atoms. The van der Waals surface area contributed by atoms with Crippen LogP contribution in [0.5, 0.6) is 5.75 Å². The molecule has 1 aromatic rings. The molecule has 6 heteroatoms. The second kappa shape index (κ2) is 6.26. The Hall–Kier alpha value is -2.26. The number of anilines is 1. The Kier molecular flexibility index (Phi) is 4.43. The van der Waals surface area contributed by atoms with Gasteiger partial charge in [0.1, 0.15) is 18.2 Å². The predicted molar refractivity (Wildman–Crippen MR) is 71.9 cm³/mol. The third-order valence-corrected chi connectivity index (χ3v) is 2.94. The number of likely N-dealkylation sites (tertiary alicyclic amines) is 1. The van der Waals surface area contributed by atoms with Crippen molar-refractivity contribution in [2.75, 3.05) is 25.0 Å². The molecule has 106 valence electrons. The number of hydrogen-bond donors (Lipinski definition) is 2. The van der Waals surface area contributed by atoms with E-state index in [-0.39, 0.29) is 18.8 Å². The van der Waals surface area contributed by atoms with Gasteiger partial charge in [0.15, 0.2) is 0 Å². The van der Waals surface area contributed by atoms with Crippen LogP contribution in [0.15, 0.2) is 18.2 Å². The first-order chi connectivity index (χ1) is 9.60. The molecule has 1 aromatic carbocycles. The van der Waals surface area contributed by atoms with Gasteiger partial charge in [-0.2, -0.15) is 0 Å². The minimum atomic E-state index is -0.509. The van der Waals surface area contributed by atoms with Crippen LogP contribution in [-0.4, -0.2) is 41.8 Å². The molecule has 1 aliphatic rings. The van der Waals surface area contributed by atoms with Gasteiger partial charge >= 0.3 is 6.03 Å². The molecule has 5 nitrogen and oxygen atoms in total. The topological polar surface area (TPSA) is 61.8 Å². The number of β-amino-alcohol motifs (C(OH)–C–C–N with tert-alkyl or cyclic N) is 1. The molecule has 1 heterocycles. The van der Waals surface area contributed by atoms with Crippen molar-refractivity contribution in [1.82, 2.24) is 4.90 Å². The lowest BCUT2D eigenvalue weighted by molar-refractivity contribution is 0.176. The monoisotopic (exact) mass is 278 g/mol. The summed E-state index contributed by atoms with van der Waals surface area (Å²) >= 11 is 0. The van der Waals surface area contributed by atoms with Gasteiger partial charge < -0.3 is 20.1 Å². The SMILES string of the molecule is C#CCOc1ccc(F)cc1NC(=O)N1CC[C@@H](O)C1. The highest BCUT2D eigenvalue weighted by atomic mass is 19.1. The number of carbonyl (C=O) groups is 1. The van der Waals surface area contributed by atoms with E-state index in [1.807, 2.05) is 0 Å². The quantitative estimate of drug-likeness (QED) is 0.822. The third kappa shape index (κ3) is 3.39. The molecule has 2 N–H and O–H groups in total.